The van der Waals surface area contributed by atoms with Crippen molar-refractivity contribution in [3.8, 4) is 0 Å². The summed E-state index contributed by atoms with van der Waals surface area (Å²) in [5, 5.41) is 10.5. The summed E-state index contributed by atoms with van der Waals surface area (Å²) in [6, 6.07) is 0. The molecule has 0 bridgehead atoms. The Bertz CT molecular complexity index is 1640. The van der Waals surface area contributed by atoms with Crippen molar-refractivity contribution in [1.82, 2.24) is 0 Å². The lowest BCUT2D eigenvalue weighted by Gasteiger charge is -2.21. The third-order valence-electron chi connectivity index (χ3n) is 15.0. The van der Waals surface area contributed by atoms with Gasteiger partial charge in [0.2, 0.25) is 0 Å². The molecule has 0 aromatic heterocycles. The van der Waals surface area contributed by atoms with E-state index in [-0.39, 0.29) is 25.7 Å². The van der Waals surface area contributed by atoms with Crippen LogP contribution < -0.4 is 0 Å². The topological polar surface area (TPSA) is 237 Å². The summed E-state index contributed by atoms with van der Waals surface area (Å²) in [5.41, 5.74) is 0. The fraction of sp³-hybridized carbons (Fsp3) is 0.938. The Balaban J connectivity index is 5.17. The number of unbranched alkanes of at least 4 members (excludes halogenated alkanes) is 37. The highest BCUT2D eigenvalue weighted by molar-refractivity contribution is 7.47. The average Bonchev–Trinajstić information content (AvgIpc) is 3.62. The summed E-state index contributed by atoms with van der Waals surface area (Å²) in [6.45, 7) is 7.16. The molecule has 0 aromatic rings. The Morgan fingerprint density at radius 2 is 0.548 bits per heavy atom. The molecule has 0 aliphatic rings. The van der Waals surface area contributed by atoms with Crippen LogP contribution in [0, 0.1) is 5.92 Å². The van der Waals surface area contributed by atoms with Gasteiger partial charge in [-0.05, 0) is 31.6 Å². The predicted molar refractivity (Wildman–Crippen MR) is 335 cm³/mol. The van der Waals surface area contributed by atoms with E-state index in [9.17, 15) is 43.2 Å². The van der Waals surface area contributed by atoms with Gasteiger partial charge in [0.05, 0.1) is 26.4 Å². The smallest absolute Gasteiger partial charge is 0.462 e. The van der Waals surface area contributed by atoms with Gasteiger partial charge in [-0.3, -0.25) is 37.3 Å². The molecule has 498 valence electrons. The first-order valence-electron chi connectivity index (χ1n) is 34.1. The van der Waals surface area contributed by atoms with Crippen LogP contribution in [0.25, 0.3) is 0 Å². The maximum Gasteiger partial charge on any atom is 0.472 e. The summed E-state index contributed by atoms with van der Waals surface area (Å²) in [7, 11) is -9.88. The molecule has 3 N–H and O–H groups in total. The van der Waals surface area contributed by atoms with E-state index in [2.05, 4.69) is 34.6 Å². The van der Waals surface area contributed by atoms with Gasteiger partial charge in [0, 0.05) is 25.7 Å². The molecule has 0 amide bonds. The molecule has 0 aliphatic carbocycles. The molecule has 0 aliphatic heterocycles. The lowest BCUT2D eigenvalue weighted by Crippen LogP contribution is -2.30. The van der Waals surface area contributed by atoms with E-state index in [1.165, 1.54) is 135 Å². The molecular formula is C65H126O17P2. The Morgan fingerprint density at radius 1 is 0.321 bits per heavy atom. The number of hydrogen-bond donors (Lipinski definition) is 3. The van der Waals surface area contributed by atoms with Crippen LogP contribution in [0.3, 0.4) is 0 Å². The number of carbonyl (C=O) groups is 4. The summed E-state index contributed by atoms with van der Waals surface area (Å²) in [5.74, 6) is -1.34. The zero-order chi connectivity index (χ0) is 62.0. The minimum atomic E-state index is -4.94. The molecule has 2 unspecified atom stereocenters. The largest absolute Gasteiger partial charge is 0.472 e. The molecular weight excluding hydrogens is 1110 g/mol. The molecule has 0 radical (unpaired) electrons. The average molecular weight is 1240 g/mol. The lowest BCUT2D eigenvalue weighted by molar-refractivity contribution is -0.161. The number of aliphatic hydroxyl groups excluding tert-OH is 1. The Kier molecular flexibility index (Phi) is 57.4. The highest BCUT2D eigenvalue weighted by Gasteiger charge is 2.30. The van der Waals surface area contributed by atoms with Gasteiger partial charge in [-0.1, -0.05) is 279 Å². The van der Waals surface area contributed by atoms with E-state index in [1.807, 2.05) is 0 Å². The number of hydrogen-bond acceptors (Lipinski definition) is 15. The van der Waals surface area contributed by atoms with Crippen molar-refractivity contribution in [3.05, 3.63) is 0 Å². The van der Waals surface area contributed by atoms with E-state index >= 15 is 0 Å². The zero-order valence-electron chi connectivity index (χ0n) is 54.0. The van der Waals surface area contributed by atoms with Crippen LogP contribution in [0.2, 0.25) is 0 Å². The molecule has 19 heteroatoms. The molecule has 0 aromatic carbocycles. The highest BCUT2D eigenvalue weighted by Crippen LogP contribution is 2.45. The van der Waals surface area contributed by atoms with Crippen LogP contribution in [0.5, 0.6) is 0 Å². The summed E-state index contributed by atoms with van der Waals surface area (Å²) in [6.07, 6.45) is 43.2. The summed E-state index contributed by atoms with van der Waals surface area (Å²) in [4.78, 5) is 72.1. The maximum atomic E-state index is 13.0. The van der Waals surface area contributed by atoms with Crippen LogP contribution >= 0.6 is 15.6 Å². The second-order valence-corrected chi connectivity index (χ2v) is 26.9. The normalized spacial score (nSPS) is 14.2. The van der Waals surface area contributed by atoms with Crippen LogP contribution in [0.4, 0.5) is 0 Å². The van der Waals surface area contributed by atoms with Crippen LogP contribution in [0.15, 0.2) is 0 Å². The number of phosphoric acid groups is 2. The maximum absolute atomic E-state index is 13.0. The van der Waals surface area contributed by atoms with E-state index in [1.54, 1.807) is 0 Å². The van der Waals surface area contributed by atoms with E-state index in [0.29, 0.717) is 25.7 Å². The fourth-order valence-corrected chi connectivity index (χ4v) is 11.3. The van der Waals surface area contributed by atoms with Crippen LogP contribution in [-0.4, -0.2) is 96.7 Å². The van der Waals surface area contributed by atoms with Gasteiger partial charge in [0.25, 0.3) is 0 Å². The third kappa shape index (κ3) is 59.0. The zero-order valence-corrected chi connectivity index (χ0v) is 55.8. The number of carbonyl (C=O) groups excluding carboxylic acids is 4. The first-order valence-corrected chi connectivity index (χ1v) is 37.1. The third-order valence-corrected chi connectivity index (χ3v) is 16.9. The van der Waals surface area contributed by atoms with Crippen molar-refractivity contribution >= 4 is 39.5 Å². The van der Waals surface area contributed by atoms with Crippen molar-refractivity contribution in [2.24, 2.45) is 5.92 Å². The molecule has 17 nitrogen and oxygen atoms in total. The van der Waals surface area contributed by atoms with Crippen molar-refractivity contribution in [3.63, 3.8) is 0 Å². The van der Waals surface area contributed by atoms with Gasteiger partial charge in [0.15, 0.2) is 12.2 Å². The second kappa shape index (κ2) is 58.7. The Labute approximate surface area is 511 Å². The molecule has 5 atom stereocenters. The Hall–Kier alpha value is -1.94. The van der Waals surface area contributed by atoms with Gasteiger partial charge in [-0.25, -0.2) is 9.13 Å². The van der Waals surface area contributed by atoms with Gasteiger partial charge in [-0.2, -0.15) is 0 Å². The molecule has 0 saturated carbocycles. The quantitative estimate of drug-likeness (QED) is 0.0222. The molecule has 0 rings (SSSR count). The first-order chi connectivity index (χ1) is 40.5. The van der Waals surface area contributed by atoms with Crippen LogP contribution in [0.1, 0.15) is 330 Å². The SMILES string of the molecule is CCCCCCCCCCCCCCC(=O)OC[C@H](COP(=O)(O)OC[C@@H](O)COP(=O)(O)OC[C@@H](COC(=O)CCCCCCCCC)OC(=O)CCCCCCCCCC)OC(=O)CCCCCCCCCCCCCCCCC(C)C. The minimum Gasteiger partial charge on any atom is -0.462 e. The van der Waals surface area contributed by atoms with Gasteiger partial charge >= 0.3 is 39.5 Å². The summed E-state index contributed by atoms with van der Waals surface area (Å²) < 4.78 is 67.9. The highest BCUT2D eigenvalue weighted by atomic mass is 31.2. The van der Waals surface area contributed by atoms with E-state index in [0.717, 1.165) is 115 Å². The minimum absolute atomic E-state index is 0.105. The monoisotopic (exact) mass is 1240 g/mol. The van der Waals surface area contributed by atoms with Crippen molar-refractivity contribution < 1.29 is 80.2 Å². The number of esters is 4. The molecule has 0 saturated heterocycles. The van der Waals surface area contributed by atoms with Crippen molar-refractivity contribution in [2.45, 2.75) is 348 Å². The number of aliphatic hydroxyl groups is 1. The fourth-order valence-electron chi connectivity index (χ4n) is 9.76. The standard InChI is InChI=1S/C65H126O17P2/c1-6-9-12-15-18-20-21-27-30-35-39-44-49-63(68)76-55-61(82-65(70)51-46-41-36-31-28-25-23-22-24-26-29-33-37-42-47-58(4)5)57-80-84(73,74)78-53-59(66)52-77-83(71,72)79-56-60(54-75-62(67)48-43-38-32-17-14-11-8-3)81-64(69)50-45-40-34-19-16-13-10-7-2/h58-61,66H,6-57H2,1-5H3,(H,71,72)(H,73,74)/t59-,60+,61+/m0/s1. The van der Waals surface area contributed by atoms with Gasteiger partial charge in [0.1, 0.15) is 19.3 Å². The van der Waals surface area contributed by atoms with E-state index in [4.69, 9.17) is 37.0 Å². The molecule has 84 heavy (non-hydrogen) atoms. The summed E-state index contributed by atoms with van der Waals surface area (Å²) >= 11 is 0. The number of rotatable bonds is 65. The Morgan fingerprint density at radius 3 is 0.810 bits per heavy atom. The molecule has 0 fully saturated rings. The molecule has 0 heterocycles. The predicted octanol–water partition coefficient (Wildman–Crippen LogP) is 18.2. The number of phosphoric ester groups is 2. The second-order valence-electron chi connectivity index (χ2n) is 24.0. The van der Waals surface area contributed by atoms with Crippen molar-refractivity contribution in [2.75, 3.05) is 39.6 Å². The van der Waals surface area contributed by atoms with Gasteiger partial charge < -0.3 is 33.8 Å². The van der Waals surface area contributed by atoms with Gasteiger partial charge in [-0.15, -0.1) is 0 Å². The van der Waals surface area contributed by atoms with Crippen molar-refractivity contribution in [1.29, 1.82) is 0 Å². The lowest BCUT2D eigenvalue weighted by atomic mass is 10.0. The first kappa shape index (κ1) is 82.1. The number of ether oxygens (including phenoxy) is 4. The molecule has 0 spiro atoms. The van der Waals surface area contributed by atoms with E-state index < -0.39 is 97.5 Å². The van der Waals surface area contributed by atoms with Crippen LogP contribution in [-0.2, 0) is 65.4 Å².